The van der Waals surface area contributed by atoms with Gasteiger partial charge in [-0.15, -0.1) is 0 Å². The first kappa shape index (κ1) is 7.50. The van der Waals surface area contributed by atoms with Gasteiger partial charge in [-0.2, -0.15) is 0 Å². The molecule has 1 atom stereocenters. The molecule has 1 amide bonds. The van der Waals surface area contributed by atoms with E-state index in [1.807, 2.05) is 0 Å². The van der Waals surface area contributed by atoms with Gasteiger partial charge in [-0.3, -0.25) is 4.79 Å². The molecule has 0 radical (unpaired) electrons. The van der Waals surface area contributed by atoms with Crippen molar-refractivity contribution in [2.75, 3.05) is 13.1 Å². The minimum absolute atomic E-state index is 0.0784. The Labute approximate surface area is 59.6 Å². The fourth-order valence-electron chi connectivity index (χ4n) is 0.923. The normalized spacial score (nSPS) is 22.1. The van der Waals surface area contributed by atoms with Crippen LogP contribution >= 0.6 is 0 Å². The highest BCUT2D eigenvalue weighted by atomic mass is 16.3. The van der Waals surface area contributed by atoms with E-state index in [0.29, 0.717) is 13.1 Å². The Kier molecular flexibility index (Phi) is 1.92. The van der Waals surface area contributed by atoms with Gasteiger partial charge in [-0.05, 0) is 6.92 Å². The van der Waals surface area contributed by atoms with Crippen molar-refractivity contribution in [2.24, 2.45) is 5.73 Å². The topological polar surface area (TPSA) is 66.6 Å². The number of rotatable bonds is 1. The van der Waals surface area contributed by atoms with E-state index >= 15 is 0 Å². The first-order valence-electron chi connectivity index (χ1n) is 3.33. The van der Waals surface area contributed by atoms with Crippen molar-refractivity contribution in [2.45, 2.75) is 19.1 Å². The van der Waals surface area contributed by atoms with Crippen LogP contribution in [0.4, 0.5) is 0 Å². The van der Waals surface area contributed by atoms with Gasteiger partial charge in [0, 0.05) is 13.1 Å². The maximum Gasteiger partial charge on any atom is 0.239 e. The van der Waals surface area contributed by atoms with Crippen molar-refractivity contribution in [1.29, 1.82) is 0 Å². The zero-order chi connectivity index (χ0) is 7.72. The number of amides is 1. The highest BCUT2D eigenvalue weighted by Crippen LogP contribution is 2.07. The van der Waals surface area contributed by atoms with E-state index in [9.17, 15) is 4.79 Å². The number of hydrogen-bond donors (Lipinski definition) is 2. The number of carbonyl (C=O) groups is 1. The summed E-state index contributed by atoms with van der Waals surface area (Å²) in [5.41, 5.74) is 5.32. The molecule has 3 N–H and O–H groups in total. The summed E-state index contributed by atoms with van der Waals surface area (Å²) in [5.74, 6) is -0.0784. The molecule has 1 fully saturated rings. The molecule has 0 unspecified atom stereocenters. The molecule has 1 saturated heterocycles. The van der Waals surface area contributed by atoms with E-state index in [0.717, 1.165) is 0 Å². The first-order valence-corrected chi connectivity index (χ1v) is 3.33. The number of nitrogens with zero attached hydrogens (tertiary/aromatic N) is 1. The predicted molar refractivity (Wildman–Crippen MR) is 36.2 cm³/mol. The molecule has 0 aromatic carbocycles. The average Bonchev–Trinajstić information content (AvgIpc) is 1.79. The van der Waals surface area contributed by atoms with Crippen LogP contribution in [0.25, 0.3) is 0 Å². The van der Waals surface area contributed by atoms with Crippen LogP contribution in [0.5, 0.6) is 0 Å². The van der Waals surface area contributed by atoms with E-state index < -0.39 is 6.04 Å². The van der Waals surface area contributed by atoms with Crippen LogP contribution in [0.3, 0.4) is 0 Å². The molecule has 58 valence electrons. The van der Waals surface area contributed by atoms with Gasteiger partial charge < -0.3 is 15.7 Å². The molecule has 1 aliphatic rings. The highest BCUT2D eigenvalue weighted by molar-refractivity contribution is 5.81. The molecule has 0 aromatic heterocycles. The SMILES string of the molecule is C[C@H](N)C(=O)N1CC(O)C1. The lowest BCUT2D eigenvalue weighted by Crippen LogP contribution is -2.57. The van der Waals surface area contributed by atoms with Crippen molar-refractivity contribution < 1.29 is 9.90 Å². The van der Waals surface area contributed by atoms with Crippen LogP contribution in [0.15, 0.2) is 0 Å². The molecule has 0 bridgehead atoms. The number of aliphatic hydroxyl groups is 1. The number of β-amino-alcohol motifs (C(OH)–C–C–N with tert-alkyl or cyclic N) is 1. The third-order valence-corrected chi connectivity index (χ3v) is 1.56. The Bertz CT molecular complexity index is 141. The highest BCUT2D eigenvalue weighted by Gasteiger charge is 2.29. The molecule has 4 heteroatoms. The van der Waals surface area contributed by atoms with Gasteiger partial charge in [0.2, 0.25) is 5.91 Å². The smallest absolute Gasteiger partial charge is 0.239 e. The van der Waals surface area contributed by atoms with E-state index in [4.69, 9.17) is 10.8 Å². The van der Waals surface area contributed by atoms with Gasteiger partial charge in [0.05, 0.1) is 12.1 Å². The molecule has 0 saturated carbocycles. The Morgan fingerprint density at radius 1 is 1.80 bits per heavy atom. The number of likely N-dealkylation sites (tertiary alicyclic amines) is 1. The summed E-state index contributed by atoms with van der Waals surface area (Å²) in [5, 5.41) is 8.81. The molecule has 0 spiro atoms. The zero-order valence-electron chi connectivity index (χ0n) is 5.95. The Morgan fingerprint density at radius 3 is 2.60 bits per heavy atom. The van der Waals surface area contributed by atoms with Crippen molar-refractivity contribution >= 4 is 5.91 Å². The number of carbonyl (C=O) groups excluding carboxylic acids is 1. The Balaban J connectivity index is 2.31. The Morgan fingerprint density at radius 2 is 2.30 bits per heavy atom. The fourth-order valence-corrected chi connectivity index (χ4v) is 0.923. The summed E-state index contributed by atoms with van der Waals surface area (Å²) < 4.78 is 0. The maximum atomic E-state index is 11.0. The molecular weight excluding hydrogens is 132 g/mol. The number of hydrogen-bond acceptors (Lipinski definition) is 3. The third-order valence-electron chi connectivity index (χ3n) is 1.56. The van der Waals surface area contributed by atoms with Crippen molar-refractivity contribution in [3.05, 3.63) is 0 Å². The third kappa shape index (κ3) is 1.27. The lowest BCUT2D eigenvalue weighted by molar-refractivity contribution is -0.142. The number of aliphatic hydroxyl groups excluding tert-OH is 1. The first-order chi connectivity index (χ1) is 4.61. The lowest BCUT2D eigenvalue weighted by atomic mass is 10.1. The van der Waals surface area contributed by atoms with Crippen LogP contribution in [0, 0.1) is 0 Å². The fraction of sp³-hybridized carbons (Fsp3) is 0.833. The van der Waals surface area contributed by atoms with Gasteiger partial charge in [-0.25, -0.2) is 0 Å². The minimum atomic E-state index is -0.438. The van der Waals surface area contributed by atoms with Crippen LogP contribution in [0.1, 0.15) is 6.92 Å². The monoisotopic (exact) mass is 144 g/mol. The van der Waals surface area contributed by atoms with Crippen LogP contribution in [-0.4, -0.2) is 41.1 Å². The van der Waals surface area contributed by atoms with E-state index in [1.54, 1.807) is 11.8 Å². The summed E-state index contributed by atoms with van der Waals surface area (Å²) in [6, 6.07) is -0.438. The molecule has 0 aromatic rings. The van der Waals surface area contributed by atoms with Gasteiger partial charge in [0.15, 0.2) is 0 Å². The second kappa shape index (κ2) is 2.56. The van der Waals surface area contributed by atoms with Gasteiger partial charge in [0.1, 0.15) is 0 Å². The summed E-state index contributed by atoms with van der Waals surface area (Å²) in [6.07, 6.45) is -0.331. The molecule has 1 aliphatic heterocycles. The Hall–Kier alpha value is -0.610. The van der Waals surface area contributed by atoms with Gasteiger partial charge in [-0.1, -0.05) is 0 Å². The average molecular weight is 144 g/mol. The predicted octanol–water partition coefficient (Wildman–Crippen LogP) is -1.46. The van der Waals surface area contributed by atoms with E-state index in [2.05, 4.69) is 0 Å². The largest absolute Gasteiger partial charge is 0.389 e. The van der Waals surface area contributed by atoms with Crippen LogP contribution < -0.4 is 5.73 Å². The second-order valence-electron chi connectivity index (χ2n) is 2.69. The second-order valence-corrected chi connectivity index (χ2v) is 2.69. The lowest BCUT2D eigenvalue weighted by Gasteiger charge is -2.36. The minimum Gasteiger partial charge on any atom is -0.389 e. The zero-order valence-corrected chi connectivity index (χ0v) is 5.95. The van der Waals surface area contributed by atoms with Crippen molar-refractivity contribution in [3.63, 3.8) is 0 Å². The van der Waals surface area contributed by atoms with Crippen molar-refractivity contribution in [3.8, 4) is 0 Å². The molecule has 4 nitrogen and oxygen atoms in total. The summed E-state index contributed by atoms with van der Waals surface area (Å²) in [4.78, 5) is 12.5. The van der Waals surface area contributed by atoms with E-state index in [-0.39, 0.29) is 12.0 Å². The number of nitrogens with two attached hydrogens (primary N) is 1. The van der Waals surface area contributed by atoms with Crippen LogP contribution in [0.2, 0.25) is 0 Å². The molecule has 10 heavy (non-hydrogen) atoms. The molecule has 0 aliphatic carbocycles. The van der Waals surface area contributed by atoms with Crippen LogP contribution in [-0.2, 0) is 4.79 Å². The molecular formula is C6H12N2O2. The summed E-state index contributed by atoms with van der Waals surface area (Å²) in [7, 11) is 0. The summed E-state index contributed by atoms with van der Waals surface area (Å²) >= 11 is 0. The standard InChI is InChI=1S/C6H12N2O2/c1-4(7)6(10)8-2-5(9)3-8/h4-5,9H,2-3,7H2,1H3/t4-/m0/s1. The molecule has 1 heterocycles. The maximum absolute atomic E-state index is 11.0. The molecule has 1 rings (SSSR count). The van der Waals surface area contributed by atoms with Gasteiger partial charge in [0.25, 0.3) is 0 Å². The quantitative estimate of drug-likeness (QED) is 0.472. The van der Waals surface area contributed by atoms with Gasteiger partial charge >= 0.3 is 0 Å². The summed E-state index contributed by atoms with van der Waals surface area (Å²) in [6.45, 7) is 2.54. The van der Waals surface area contributed by atoms with Crippen molar-refractivity contribution in [1.82, 2.24) is 4.90 Å². The van der Waals surface area contributed by atoms with E-state index in [1.165, 1.54) is 0 Å².